The molecule has 0 spiro atoms. The van der Waals surface area contributed by atoms with Crippen LogP contribution in [0.3, 0.4) is 0 Å². The summed E-state index contributed by atoms with van der Waals surface area (Å²) in [5, 5.41) is 1.14. The standard InChI is InChI=1S/C19H20F3N3OS/c20-19(21,22)14-6-4-13(5-7-14)18(26)25-10-8-24(9-11-25)12-17-23-15-2-1-3-16(15)27-17/h4-7H,1-3,8-12H2. The summed E-state index contributed by atoms with van der Waals surface area (Å²) in [5.74, 6) is -0.211. The summed E-state index contributed by atoms with van der Waals surface area (Å²) in [6.45, 7) is 3.45. The first-order chi connectivity index (χ1) is 12.9. The quantitative estimate of drug-likeness (QED) is 0.797. The molecule has 0 unspecified atom stereocenters. The van der Waals surface area contributed by atoms with Gasteiger partial charge in [0.15, 0.2) is 0 Å². The van der Waals surface area contributed by atoms with Gasteiger partial charge in [0.25, 0.3) is 5.91 Å². The number of hydrogen-bond donors (Lipinski definition) is 0. The van der Waals surface area contributed by atoms with Crippen LogP contribution >= 0.6 is 11.3 Å². The number of fused-ring (bicyclic) bond motifs is 1. The van der Waals surface area contributed by atoms with Gasteiger partial charge < -0.3 is 4.90 Å². The van der Waals surface area contributed by atoms with Crippen LogP contribution in [-0.4, -0.2) is 46.9 Å². The number of halogens is 3. The number of hydrogen-bond acceptors (Lipinski definition) is 4. The normalized spacial score (nSPS) is 18.0. The lowest BCUT2D eigenvalue weighted by molar-refractivity contribution is -0.137. The Bertz CT molecular complexity index is 802. The van der Waals surface area contributed by atoms with Gasteiger partial charge in [-0.25, -0.2) is 4.98 Å². The zero-order valence-electron chi connectivity index (χ0n) is 14.8. The van der Waals surface area contributed by atoms with Crippen molar-refractivity contribution in [3.8, 4) is 0 Å². The molecule has 1 saturated heterocycles. The van der Waals surface area contributed by atoms with E-state index in [2.05, 4.69) is 4.90 Å². The molecule has 1 amide bonds. The van der Waals surface area contributed by atoms with E-state index in [1.165, 1.54) is 29.1 Å². The fourth-order valence-corrected chi connectivity index (χ4v) is 4.80. The van der Waals surface area contributed by atoms with Crippen molar-refractivity contribution in [2.24, 2.45) is 0 Å². The van der Waals surface area contributed by atoms with Crippen molar-refractivity contribution in [1.82, 2.24) is 14.8 Å². The second-order valence-corrected chi connectivity index (χ2v) is 8.14. The lowest BCUT2D eigenvalue weighted by Crippen LogP contribution is -2.48. The molecule has 0 bridgehead atoms. The van der Waals surface area contributed by atoms with Crippen molar-refractivity contribution < 1.29 is 18.0 Å². The third-order valence-electron chi connectivity index (χ3n) is 5.12. The molecule has 0 radical (unpaired) electrons. The molecule has 2 heterocycles. The Kier molecular flexibility index (Phi) is 4.94. The summed E-state index contributed by atoms with van der Waals surface area (Å²) in [4.78, 5) is 22.7. The van der Waals surface area contributed by atoms with E-state index in [9.17, 15) is 18.0 Å². The third-order valence-corrected chi connectivity index (χ3v) is 6.26. The molecule has 0 saturated carbocycles. The molecule has 2 aliphatic rings. The zero-order valence-corrected chi connectivity index (χ0v) is 15.6. The Morgan fingerprint density at radius 1 is 1.07 bits per heavy atom. The summed E-state index contributed by atoms with van der Waals surface area (Å²) in [5.41, 5.74) is 0.818. The van der Waals surface area contributed by atoms with E-state index in [0.29, 0.717) is 18.7 Å². The number of benzene rings is 1. The molecule has 0 atom stereocenters. The van der Waals surface area contributed by atoms with E-state index < -0.39 is 11.7 Å². The Labute approximate surface area is 159 Å². The van der Waals surface area contributed by atoms with Crippen molar-refractivity contribution >= 4 is 17.2 Å². The van der Waals surface area contributed by atoms with Gasteiger partial charge >= 0.3 is 6.18 Å². The van der Waals surface area contributed by atoms with Gasteiger partial charge in [0.05, 0.1) is 17.8 Å². The number of alkyl halides is 3. The van der Waals surface area contributed by atoms with Gasteiger partial charge in [0.2, 0.25) is 0 Å². The summed E-state index contributed by atoms with van der Waals surface area (Å²) in [6, 6.07) is 4.44. The van der Waals surface area contributed by atoms with E-state index in [1.54, 1.807) is 16.2 Å². The average Bonchev–Trinajstić information content (AvgIpc) is 3.23. The molecule has 1 aromatic carbocycles. The number of rotatable bonds is 3. The molecule has 1 fully saturated rings. The van der Waals surface area contributed by atoms with Gasteiger partial charge in [-0.1, -0.05) is 0 Å². The monoisotopic (exact) mass is 395 g/mol. The van der Waals surface area contributed by atoms with Gasteiger partial charge in [0.1, 0.15) is 5.01 Å². The SMILES string of the molecule is O=C(c1ccc(C(F)(F)F)cc1)N1CCN(Cc2nc3c(s2)CCC3)CC1. The van der Waals surface area contributed by atoms with Crippen LogP contribution in [0.5, 0.6) is 0 Å². The minimum Gasteiger partial charge on any atom is -0.336 e. The number of carbonyl (C=O) groups excluding carboxylic acids is 1. The molecule has 1 aromatic heterocycles. The van der Waals surface area contributed by atoms with Gasteiger partial charge in [0, 0.05) is 36.6 Å². The van der Waals surface area contributed by atoms with Gasteiger partial charge in [-0.15, -0.1) is 11.3 Å². The topological polar surface area (TPSA) is 36.4 Å². The first-order valence-corrected chi connectivity index (χ1v) is 9.88. The second-order valence-electron chi connectivity index (χ2n) is 6.97. The number of aromatic nitrogens is 1. The van der Waals surface area contributed by atoms with Crippen LogP contribution in [0, 0.1) is 0 Å². The fourth-order valence-electron chi connectivity index (χ4n) is 3.60. The minimum atomic E-state index is -4.39. The van der Waals surface area contributed by atoms with Crippen LogP contribution in [0.4, 0.5) is 13.2 Å². The maximum atomic E-state index is 12.6. The van der Waals surface area contributed by atoms with Gasteiger partial charge in [-0.3, -0.25) is 9.69 Å². The summed E-state index contributed by atoms with van der Waals surface area (Å²) in [7, 11) is 0. The van der Waals surface area contributed by atoms with Crippen LogP contribution in [-0.2, 0) is 25.6 Å². The minimum absolute atomic E-state index is 0.211. The molecule has 1 aliphatic heterocycles. The van der Waals surface area contributed by atoms with E-state index >= 15 is 0 Å². The first-order valence-electron chi connectivity index (χ1n) is 9.06. The highest BCUT2D eigenvalue weighted by atomic mass is 32.1. The number of piperazine rings is 1. The van der Waals surface area contributed by atoms with E-state index in [-0.39, 0.29) is 5.91 Å². The fraction of sp³-hybridized carbons (Fsp3) is 0.474. The molecule has 0 N–H and O–H groups in total. The maximum Gasteiger partial charge on any atom is 0.416 e. The maximum absolute atomic E-state index is 12.6. The Hall–Kier alpha value is -1.93. The number of thiazole rings is 1. The van der Waals surface area contributed by atoms with E-state index in [1.807, 2.05) is 0 Å². The largest absolute Gasteiger partial charge is 0.416 e. The van der Waals surface area contributed by atoms with Crippen LogP contribution in [0.1, 0.15) is 37.9 Å². The number of nitrogens with zero attached hydrogens (tertiary/aromatic N) is 3. The molecule has 27 heavy (non-hydrogen) atoms. The van der Waals surface area contributed by atoms with Crippen LogP contribution in [0.15, 0.2) is 24.3 Å². The molecule has 4 nitrogen and oxygen atoms in total. The zero-order chi connectivity index (χ0) is 19.0. The highest BCUT2D eigenvalue weighted by molar-refractivity contribution is 7.11. The van der Waals surface area contributed by atoms with Crippen LogP contribution < -0.4 is 0 Å². The predicted octanol–water partition coefficient (Wildman–Crippen LogP) is 3.61. The Balaban J connectivity index is 1.32. The van der Waals surface area contributed by atoms with Crippen molar-refractivity contribution in [1.29, 1.82) is 0 Å². The molecule has 4 rings (SSSR count). The van der Waals surface area contributed by atoms with Crippen LogP contribution in [0.25, 0.3) is 0 Å². The predicted molar refractivity (Wildman–Crippen MR) is 96.8 cm³/mol. The lowest BCUT2D eigenvalue weighted by atomic mass is 10.1. The number of carbonyl (C=O) groups is 1. The van der Waals surface area contributed by atoms with Crippen LogP contribution in [0.2, 0.25) is 0 Å². The number of amides is 1. The molecular weight excluding hydrogens is 375 g/mol. The Morgan fingerprint density at radius 3 is 2.41 bits per heavy atom. The molecule has 144 valence electrons. The Morgan fingerprint density at radius 2 is 1.78 bits per heavy atom. The van der Waals surface area contributed by atoms with Crippen molar-refractivity contribution in [3.63, 3.8) is 0 Å². The average molecular weight is 395 g/mol. The summed E-state index contributed by atoms with van der Waals surface area (Å²) < 4.78 is 37.9. The number of aryl methyl sites for hydroxylation is 2. The smallest absolute Gasteiger partial charge is 0.336 e. The molecule has 1 aliphatic carbocycles. The summed E-state index contributed by atoms with van der Waals surface area (Å²) in [6.07, 6.45) is -0.952. The van der Waals surface area contributed by atoms with Gasteiger partial charge in [-0.2, -0.15) is 13.2 Å². The lowest BCUT2D eigenvalue weighted by Gasteiger charge is -2.34. The van der Waals surface area contributed by atoms with Crippen molar-refractivity contribution in [2.75, 3.05) is 26.2 Å². The molecule has 2 aromatic rings. The summed E-state index contributed by atoms with van der Waals surface area (Å²) >= 11 is 1.80. The van der Waals surface area contributed by atoms with Crippen molar-refractivity contribution in [2.45, 2.75) is 32.0 Å². The third kappa shape index (κ3) is 4.01. The van der Waals surface area contributed by atoms with Crippen molar-refractivity contribution in [3.05, 3.63) is 51.0 Å². The van der Waals surface area contributed by atoms with E-state index in [4.69, 9.17) is 4.98 Å². The molecule has 8 heteroatoms. The van der Waals surface area contributed by atoms with Gasteiger partial charge in [-0.05, 0) is 43.5 Å². The van der Waals surface area contributed by atoms with E-state index in [0.717, 1.165) is 49.6 Å². The second kappa shape index (κ2) is 7.24. The first kappa shape index (κ1) is 18.4. The highest BCUT2D eigenvalue weighted by Gasteiger charge is 2.31. The highest BCUT2D eigenvalue weighted by Crippen LogP contribution is 2.30. The molecular formula is C19H20F3N3OS.